The van der Waals surface area contributed by atoms with Gasteiger partial charge in [-0.2, -0.15) is 0 Å². The number of fused-ring (bicyclic) bond motifs is 1. The number of oxazole rings is 1. The molecule has 0 spiro atoms. The van der Waals surface area contributed by atoms with E-state index in [-0.39, 0.29) is 25.2 Å². The van der Waals surface area contributed by atoms with Crippen molar-refractivity contribution in [2.24, 2.45) is 11.7 Å². The Kier molecular flexibility index (Phi) is 8.90. The largest absolute Gasteiger partial charge is 0.481 e. The number of benzene rings is 2. The van der Waals surface area contributed by atoms with Crippen LogP contribution < -0.4 is 20.1 Å². The zero-order valence-corrected chi connectivity index (χ0v) is 23.6. The van der Waals surface area contributed by atoms with Gasteiger partial charge in [0.05, 0.1) is 18.7 Å². The topological polar surface area (TPSA) is 131 Å². The molecule has 5 rings (SSSR count). The molecule has 2 aromatic carbocycles. The fraction of sp³-hybridized carbons (Fsp3) is 0.452. The second kappa shape index (κ2) is 12.7. The van der Waals surface area contributed by atoms with Gasteiger partial charge < -0.3 is 29.6 Å². The Bertz CT molecular complexity index is 1370. The Morgan fingerprint density at radius 3 is 2.73 bits per heavy atom. The third-order valence-corrected chi connectivity index (χ3v) is 8.01. The van der Waals surface area contributed by atoms with E-state index in [2.05, 4.69) is 11.9 Å². The molecule has 0 radical (unpaired) electrons. The molecule has 0 aliphatic carbocycles. The number of aryl methyl sites for hydroxylation is 2. The molecular weight excluding hydrogens is 524 g/mol. The first kappa shape index (κ1) is 28.6. The summed E-state index contributed by atoms with van der Waals surface area (Å²) in [7, 11) is 0. The molecule has 218 valence electrons. The minimum absolute atomic E-state index is 0.0694. The molecule has 3 heterocycles. The molecule has 3 N–H and O–H groups in total. The average Bonchev–Trinajstić information content (AvgIpc) is 3.70. The summed E-state index contributed by atoms with van der Waals surface area (Å²) < 4.78 is 16.7. The summed E-state index contributed by atoms with van der Waals surface area (Å²) in [6, 6.07) is 12.9. The van der Waals surface area contributed by atoms with Gasteiger partial charge in [0.15, 0.2) is 17.4 Å². The van der Waals surface area contributed by atoms with Gasteiger partial charge in [0.1, 0.15) is 5.76 Å². The van der Waals surface area contributed by atoms with Crippen LogP contribution in [0.15, 0.2) is 53.1 Å². The second-order valence-corrected chi connectivity index (χ2v) is 10.8. The highest BCUT2D eigenvalue weighted by molar-refractivity contribution is 5.95. The molecule has 10 nitrogen and oxygen atoms in total. The first-order valence-electron chi connectivity index (χ1n) is 14.2. The van der Waals surface area contributed by atoms with E-state index in [0.717, 1.165) is 29.7 Å². The van der Waals surface area contributed by atoms with Crippen LogP contribution in [0.4, 0.5) is 5.69 Å². The van der Waals surface area contributed by atoms with Crippen LogP contribution in [0.25, 0.3) is 0 Å². The molecule has 1 saturated heterocycles. The van der Waals surface area contributed by atoms with Crippen LogP contribution in [-0.2, 0) is 22.6 Å². The normalized spacial score (nSPS) is 19.9. The van der Waals surface area contributed by atoms with Crippen molar-refractivity contribution >= 4 is 17.6 Å². The number of anilines is 1. The van der Waals surface area contributed by atoms with Crippen LogP contribution in [0, 0.1) is 12.8 Å². The van der Waals surface area contributed by atoms with Gasteiger partial charge >= 0.3 is 5.97 Å². The van der Waals surface area contributed by atoms with E-state index in [0.29, 0.717) is 55.6 Å². The molecular formula is C31H38N4O6. The zero-order chi connectivity index (χ0) is 28.9. The smallest absolute Gasteiger partial charge is 0.308 e. The molecule has 3 atom stereocenters. The standard InChI is InChI=1S/C31H38N4O6/c1-3-4-12-35(23-7-5-6-21(13-23)15-32)29(36)18-34-17-24(22-8-10-26-27(14-22)40-19-39-26)30(31(37)38)25(34)9-11-28-33-16-20(2)41-28/h5-8,10,13-14,16,24-25,30H,3-4,9,11-12,15,17-19,32H2,1-2H3,(H,37,38). The van der Waals surface area contributed by atoms with Crippen molar-refractivity contribution in [1.29, 1.82) is 0 Å². The van der Waals surface area contributed by atoms with E-state index in [1.54, 1.807) is 11.1 Å². The number of nitrogens with zero attached hydrogens (tertiary/aromatic N) is 3. The predicted molar refractivity (Wildman–Crippen MR) is 153 cm³/mol. The van der Waals surface area contributed by atoms with Crippen LogP contribution in [0.5, 0.6) is 11.5 Å². The lowest BCUT2D eigenvalue weighted by Gasteiger charge is -2.30. The lowest BCUT2D eigenvalue weighted by Crippen LogP contribution is -2.44. The number of carbonyl (C=O) groups excluding carboxylic acids is 1. The third-order valence-electron chi connectivity index (χ3n) is 8.01. The Balaban J connectivity index is 1.44. The van der Waals surface area contributed by atoms with Crippen LogP contribution >= 0.6 is 0 Å². The van der Waals surface area contributed by atoms with Crippen molar-refractivity contribution in [2.45, 2.75) is 58.0 Å². The molecule has 3 unspecified atom stereocenters. The summed E-state index contributed by atoms with van der Waals surface area (Å²) >= 11 is 0. The lowest BCUT2D eigenvalue weighted by molar-refractivity contribution is -0.143. The zero-order valence-electron chi connectivity index (χ0n) is 23.6. The lowest BCUT2D eigenvalue weighted by atomic mass is 9.83. The maximum Gasteiger partial charge on any atom is 0.308 e. The fourth-order valence-electron chi connectivity index (χ4n) is 5.95. The van der Waals surface area contributed by atoms with E-state index in [1.165, 1.54) is 0 Å². The number of carbonyl (C=O) groups is 2. The molecule has 2 aliphatic rings. The van der Waals surface area contributed by atoms with Crippen LogP contribution in [0.3, 0.4) is 0 Å². The predicted octanol–water partition coefficient (Wildman–Crippen LogP) is 4.11. The number of likely N-dealkylation sites (tertiary alicyclic amines) is 1. The Morgan fingerprint density at radius 1 is 1.17 bits per heavy atom. The Labute approximate surface area is 240 Å². The molecule has 0 saturated carbocycles. The first-order chi connectivity index (χ1) is 19.9. The van der Waals surface area contributed by atoms with Gasteiger partial charge in [-0.3, -0.25) is 14.5 Å². The first-order valence-corrected chi connectivity index (χ1v) is 14.2. The van der Waals surface area contributed by atoms with Crippen molar-refractivity contribution in [3.63, 3.8) is 0 Å². The minimum Gasteiger partial charge on any atom is -0.481 e. The van der Waals surface area contributed by atoms with Gasteiger partial charge in [0.25, 0.3) is 0 Å². The van der Waals surface area contributed by atoms with E-state index in [1.807, 2.05) is 54.3 Å². The van der Waals surface area contributed by atoms with Gasteiger partial charge in [-0.25, -0.2) is 4.98 Å². The highest BCUT2D eigenvalue weighted by atomic mass is 16.7. The number of carboxylic acid groups (broad SMARTS) is 1. The van der Waals surface area contributed by atoms with Crippen molar-refractivity contribution in [3.05, 3.63) is 71.4 Å². The molecule has 10 heteroatoms. The number of unbranched alkanes of at least 4 members (excludes halogenated alkanes) is 1. The number of ether oxygens (including phenoxy) is 2. The van der Waals surface area contributed by atoms with E-state index in [9.17, 15) is 14.7 Å². The number of hydrogen-bond acceptors (Lipinski definition) is 8. The summed E-state index contributed by atoms with van der Waals surface area (Å²) in [5.41, 5.74) is 8.49. The maximum atomic E-state index is 13.9. The van der Waals surface area contributed by atoms with Crippen molar-refractivity contribution in [3.8, 4) is 11.5 Å². The SMILES string of the molecule is CCCCN(C(=O)CN1CC(c2ccc3c(c2)OCO3)C(C(=O)O)C1CCc1ncc(C)o1)c1cccc(CN)c1. The van der Waals surface area contributed by atoms with E-state index in [4.69, 9.17) is 19.6 Å². The molecule has 41 heavy (non-hydrogen) atoms. The molecule has 3 aromatic rings. The summed E-state index contributed by atoms with van der Waals surface area (Å²) in [6.07, 6.45) is 4.41. The number of aromatic nitrogens is 1. The quantitative estimate of drug-likeness (QED) is 0.335. The highest BCUT2D eigenvalue weighted by Crippen LogP contribution is 2.43. The maximum absolute atomic E-state index is 13.9. The van der Waals surface area contributed by atoms with Crippen molar-refractivity contribution in [2.75, 3.05) is 31.3 Å². The Hall–Kier alpha value is -3.89. The van der Waals surface area contributed by atoms with Gasteiger partial charge in [0.2, 0.25) is 12.7 Å². The number of aliphatic carboxylic acids is 1. The average molecular weight is 563 g/mol. The summed E-state index contributed by atoms with van der Waals surface area (Å²) in [4.78, 5) is 34.9. The van der Waals surface area contributed by atoms with Gasteiger partial charge in [0, 0.05) is 43.7 Å². The Morgan fingerprint density at radius 2 is 2.00 bits per heavy atom. The third kappa shape index (κ3) is 6.39. The van der Waals surface area contributed by atoms with E-state index < -0.39 is 17.9 Å². The van der Waals surface area contributed by atoms with Gasteiger partial charge in [-0.15, -0.1) is 0 Å². The molecule has 2 aliphatic heterocycles. The number of hydrogen-bond donors (Lipinski definition) is 2. The summed E-state index contributed by atoms with van der Waals surface area (Å²) in [5, 5.41) is 10.5. The second-order valence-electron chi connectivity index (χ2n) is 10.8. The fourth-order valence-corrected chi connectivity index (χ4v) is 5.95. The minimum atomic E-state index is -0.894. The van der Waals surface area contributed by atoms with Gasteiger partial charge in [-0.1, -0.05) is 31.5 Å². The number of carboxylic acids is 1. The summed E-state index contributed by atoms with van der Waals surface area (Å²) in [5.74, 6) is 0.492. The number of amides is 1. The number of rotatable bonds is 12. The van der Waals surface area contributed by atoms with Crippen molar-refractivity contribution in [1.82, 2.24) is 9.88 Å². The van der Waals surface area contributed by atoms with Crippen molar-refractivity contribution < 1.29 is 28.6 Å². The van der Waals surface area contributed by atoms with Crippen LogP contribution in [-0.4, -0.2) is 59.3 Å². The monoisotopic (exact) mass is 562 g/mol. The van der Waals surface area contributed by atoms with Crippen LogP contribution in [0.2, 0.25) is 0 Å². The number of nitrogens with two attached hydrogens (primary N) is 1. The summed E-state index contributed by atoms with van der Waals surface area (Å²) in [6.45, 7) is 5.54. The van der Waals surface area contributed by atoms with Crippen LogP contribution in [0.1, 0.15) is 54.9 Å². The molecule has 0 bridgehead atoms. The molecule has 1 amide bonds. The van der Waals surface area contributed by atoms with E-state index >= 15 is 0 Å². The van der Waals surface area contributed by atoms with Gasteiger partial charge in [-0.05, 0) is 55.2 Å². The highest BCUT2D eigenvalue weighted by Gasteiger charge is 2.47. The molecule has 1 aromatic heterocycles. The molecule has 1 fully saturated rings.